The van der Waals surface area contributed by atoms with Gasteiger partial charge in [-0.1, -0.05) is 5.16 Å². The zero-order valence-electron chi connectivity index (χ0n) is 8.73. The third kappa shape index (κ3) is 2.64. The first-order valence-electron chi connectivity index (χ1n) is 5.02. The molecule has 82 valence electrons. The summed E-state index contributed by atoms with van der Waals surface area (Å²) in [6.07, 6.45) is 0. The van der Waals surface area contributed by atoms with Crippen LogP contribution in [0.1, 0.15) is 23.2 Å². The minimum Gasteiger partial charge on any atom is -0.379 e. The quantitative estimate of drug-likeness (QED) is 0.688. The second kappa shape index (κ2) is 4.55. The second-order valence-corrected chi connectivity index (χ2v) is 3.62. The molecule has 0 amide bonds. The van der Waals surface area contributed by atoms with Crippen molar-refractivity contribution >= 4 is 5.78 Å². The van der Waals surface area contributed by atoms with E-state index in [0.29, 0.717) is 12.2 Å². The average Bonchev–Trinajstić information content (AvgIpc) is 2.68. The van der Waals surface area contributed by atoms with E-state index in [4.69, 9.17) is 9.26 Å². The SMILES string of the molecule is CC(=O)c1cc(CN2CCOCC2)on1. The summed E-state index contributed by atoms with van der Waals surface area (Å²) < 4.78 is 10.3. The summed E-state index contributed by atoms with van der Waals surface area (Å²) >= 11 is 0. The van der Waals surface area contributed by atoms with E-state index in [1.54, 1.807) is 6.07 Å². The highest BCUT2D eigenvalue weighted by Gasteiger charge is 2.14. The van der Waals surface area contributed by atoms with Crippen LogP contribution in [0.3, 0.4) is 0 Å². The lowest BCUT2D eigenvalue weighted by atomic mass is 10.3. The molecule has 0 aliphatic carbocycles. The van der Waals surface area contributed by atoms with Crippen LogP contribution >= 0.6 is 0 Å². The Labute approximate surface area is 88.0 Å². The first-order chi connectivity index (χ1) is 7.25. The zero-order valence-corrected chi connectivity index (χ0v) is 8.73. The lowest BCUT2D eigenvalue weighted by Gasteiger charge is -2.25. The van der Waals surface area contributed by atoms with Gasteiger partial charge in [-0.15, -0.1) is 0 Å². The van der Waals surface area contributed by atoms with Crippen molar-refractivity contribution in [1.29, 1.82) is 0 Å². The summed E-state index contributed by atoms with van der Waals surface area (Å²) in [6, 6.07) is 1.71. The molecule has 1 aliphatic rings. The highest BCUT2D eigenvalue weighted by atomic mass is 16.5. The van der Waals surface area contributed by atoms with Crippen LogP contribution in [0.2, 0.25) is 0 Å². The van der Waals surface area contributed by atoms with Crippen molar-refractivity contribution in [3.63, 3.8) is 0 Å². The molecule has 0 bridgehead atoms. The maximum absolute atomic E-state index is 11.0. The largest absolute Gasteiger partial charge is 0.379 e. The Hall–Kier alpha value is -1.20. The normalized spacial score (nSPS) is 17.9. The number of ether oxygens (including phenoxy) is 1. The van der Waals surface area contributed by atoms with Crippen LogP contribution in [0.25, 0.3) is 0 Å². The fourth-order valence-electron chi connectivity index (χ4n) is 1.53. The molecule has 0 atom stereocenters. The number of Topliss-reactive ketones (excluding diaryl/α,β-unsaturated/α-hetero) is 1. The number of hydrogen-bond acceptors (Lipinski definition) is 5. The lowest BCUT2D eigenvalue weighted by Crippen LogP contribution is -2.35. The number of aromatic nitrogens is 1. The minimum absolute atomic E-state index is 0.0630. The summed E-state index contributed by atoms with van der Waals surface area (Å²) in [5.41, 5.74) is 0.401. The molecule has 0 N–H and O–H groups in total. The van der Waals surface area contributed by atoms with E-state index in [9.17, 15) is 4.79 Å². The Morgan fingerprint density at radius 2 is 2.27 bits per heavy atom. The summed E-state index contributed by atoms with van der Waals surface area (Å²) in [7, 11) is 0. The van der Waals surface area contributed by atoms with Crippen molar-refractivity contribution in [1.82, 2.24) is 10.1 Å². The Morgan fingerprint density at radius 3 is 2.87 bits per heavy atom. The summed E-state index contributed by atoms with van der Waals surface area (Å²) in [5, 5.41) is 3.70. The summed E-state index contributed by atoms with van der Waals surface area (Å²) in [4.78, 5) is 13.2. The first kappa shape index (κ1) is 10.3. The smallest absolute Gasteiger partial charge is 0.181 e. The van der Waals surface area contributed by atoms with Gasteiger partial charge in [0.25, 0.3) is 0 Å². The third-order valence-electron chi connectivity index (χ3n) is 2.40. The molecule has 1 aliphatic heterocycles. The fourth-order valence-corrected chi connectivity index (χ4v) is 1.53. The van der Waals surface area contributed by atoms with Gasteiger partial charge < -0.3 is 9.26 Å². The van der Waals surface area contributed by atoms with Crippen molar-refractivity contribution < 1.29 is 14.1 Å². The van der Waals surface area contributed by atoms with E-state index in [1.165, 1.54) is 6.92 Å². The zero-order chi connectivity index (χ0) is 10.7. The van der Waals surface area contributed by atoms with Crippen molar-refractivity contribution in [2.75, 3.05) is 26.3 Å². The molecule has 1 aromatic rings. The number of morpholine rings is 1. The number of rotatable bonds is 3. The van der Waals surface area contributed by atoms with Crippen LogP contribution < -0.4 is 0 Å². The average molecular weight is 210 g/mol. The topological polar surface area (TPSA) is 55.6 Å². The molecular weight excluding hydrogens is 196 g/mol. The molecule has 15 heavy (non-hydrogen) atoms. The van der Waals surface area contributed by atoms with Gasteiger partial charge in [0.05, 0.1) is 19.8 Å². The maximum Gasteiger partial charge on any atom is 0.181 e. The number of hydrogen-bond donors (Lipinski definition) is 0. The molecule has 2 heterocycles. The van der Waals surface area contributed by atoms with Crippen LogP contribution in [0.5, 0.6) is 0 Å². The van der Waals surface area contributed by atoms with Crippen molar-refractivity contribution in [3.05, 3.63) is 17.5 Å². The van der Waals surface area contributed by atoms with Crippen LogP contribution in [0.15, 0.2) is 10.6 Å². The van der Waals surface area contributed by atoms with Gasteiger partial charge in [0.2, 0.25) is 0 Å². The molecule has 2 rings (SSSR count). The van der Waals surface area contributed by atoms with E-state index in [0.717, 1.165) is 32.1 Å². The van der Waals surface area contributed by atoms with Crippen LogP contribution in [-0.2, 0) is 11.3 Å². The van der Waals surface area contributed by atoms with Crippen LogP contribution in [-0.4, -0.2) is 42.1 Å². The Kier molecular flexibility index (Phi) is 3.13. The van der Waals surface area contributed by atoms with E-state index >= 15 is 0 Å². The van der Waals surface area contributed by atoms with Crippen molar-refractivity contribution in [2.24, 2.45) is 0 Å². The molecule has 1 aromatic heterocycles. The highest BCUT2D eigenvalue weighted by Crippen LogP contribution is 2.09. The van der Waals surface area contributed by atoms with Crippen molar-refractivity contribution in [3.8, 4) is 0 Å². The number of ketones is 1. The van der Waals surface area contributed by atoms with E-state index in [1.807, 2.05) is 0 Å². The molecule has 0 radical (unpaired) electrons. The molecule has 0 saturated carbocycles. The van der Waals surface area contributed by atoms with Crippen molar-refractivity contribution in [2.45, 2.75) is 13.5 Å². The highest BCUT2D eigenvalue weighted by molar-refractivity contribution is 5.91. The summed E-state index contributed by atoms with van der Waals surface area (Å²) in [5.74, 6) is 0.675. The van der Waals surface area contributed by atoms with Crippen LogP contribution in [0, 0.1) is 0 Å². The molecule has 5 heteroatoms. The first-order valence-corrected chi connectivity index (χ1v) is 5.02. The van der Waals surface area contributed by atoms with Gasteiger partial charge >= 0.3 is 0 Å². The maximum atomic E-state index is 11.0. The predicted octanol–water partition coefficient (Wildman–Crippen LogP) is 0.709. The summed E-state index contributed by atoms with van der Waals surface area (Å²) in [6.45, 7) is 5.49. The van der Waals surface area contributed by atoms with Gasteiger partial charge in [-0.2, -0.15) is 0 Å². The molecule has 1 fully saturated rings. The monoisotopic (exact) mass is 210 g/mol. The van der Waals surface area contributed by atoms with E-state index < -0.39 is 0 Å². The van der Waals surface area contributed by atoms with E-state index in [2.05, 4.69) is 10.1 Å². The predicted molar refractivity (Wildman–Crippen MR) is 52.6 cm³/mol. The van der Waals surface area contributed by atoms with Gasteiger partial charge in [-0.05, 0) is 0 Å². The van der Waals surface area contributed by atoms with E-state index in [-0.39, 0.29) is 5.78 Å². The molecule has 0 aromatic carbocycles. The minimum atomic E-state index is -0.0630. The molecule has 0 spiro atoms. The molecule has 1 saturated heterocycles. The molecule has 0 unspecified atom stereocenters. The van der Waals surface area contributed by atoms with Gasteiger partial charge in [-0.3, -0.25) is 9.69 Å². The fraction of sp³-hybridized carbons (Fsp3) is 0.600. The standard InChI is InChI=1S/C10H14N2O3/c1-8(13)10-6-9(15-11-10)7-12-2-4-14-5-3-12/h6H,2-5,7H2,1H3. The van der Waals surface area contributed by atoms with Gasteiger partial charge in [0.15, 0.2) is 11.5 Å². The van der Waals surface area contributed by atoms with Gasteiger partial charge in [0, 0.05) is 26.1 Å². The van der Waals surface area contributed by atoms with Crippen LogP contribution in [0.4, 0.5) is 0 Å². The van der Waals surface area contributed by atoms with Gasteiger partial charge in [0.1, 0.15) is 5.69 Å². The number of carbonyl (C=O) groups excluding carboxylic acids is 1. The number of carbonyl (C=O) groups is 1. The Bertz CT molecular complexity index is 342. The number of nitrogens with zero attached hydrogens (tertiary/aromatic N) is 2. The third-order valence-corrected chi connectivity index (χ3v) is 2.40. The Balaban J connectivity index is 1.94. The molecule has 5 nitrogen and oxygen atoms in total. The molecular formula is C10H14N2O3. The van der Waals surface area contributed by atoms with Gasteiger partial charge in [-0.25, -0.2) is 0 Å². The second-order valence-electron chi connectivity index (χ2n) is 3.62. The lowest BCUT2D eigenvalue weighted by molar-refractivity contribution is 0.0305. The Morgan fingerprint density at radius 1 is 1.53 bits per heavy atom.